The number of carbonyl (C=O) groups excluding carboxylic acids is 1. The van der Waals surface area contributed by atoms with Gasteiger partial charge in [0.05, 0.1) is 18.1 Å². The van der Waals surface area contributed by atoms with Gasteiger partial charge in [-0.05, 0) is 26.7 Å². The highest BCUT2D eigenvalue weighted by molar-refractivity contribution is 5.78. The summed E-state index contributed by atoms with van der Waals surface area (Å²) >= 11 is 0. The van der Waals surface area contributed by atoms with E-state index in [0.29, 0.717) is 6.61 Å². The van der Waals surface area contributed by atoms with Crippen molar-refractivity contribution in [2.75, 3.05) is 13.7 Å². The molecule has 13 heavy (non-hydrogen) atoms. The maximum atomic E-state index is 11.6. The Kier molecular flexibility index (Phi) is 3.31. The van der Waals surface area contributed by atoms with Gasteiger partial charge in [0.25, 0.3) is 0 Å². The van der Waals surface area contributed by atoms with Gasteiger partial charge in [-0.3, -0.25) is 4.79 Å². The lowest BCUT2D eigenvalue weighted by atomic mass is 9.69. The summed E-state index contributed by atoms with van der Waals surface area (Å²) in [7, 11) is 1.63. The quantitative estimate of drug-likeness (QED) is 0.627. The molecule has 1 aliphatic carbocycles. The van der Waals surface area contributed by atoms with Crippen molar-refractivity contribution in [3.8, 4) is 0 Å². The average Bonchev–Trinajstić information content (AvgIpc) is 1.94. The summed E-state index contributed by atoms with van der Waals surface area (Å²) in [5.41, 5.74) is -0.320. The number of carbonyl (C=O) groups is 1. The molecular weight excluding hydrogens is 168 g/mol. The van der Waals surface area contributed by atoms with Gasteiger partial charge in [0.2, 0.25) is 0 Å². The number of ether oxygens (including phenoxy) is 2. The minimum atomic E-state index is -0.320. The van der Waals surface area contributed by atoms with Crippen LogP contribution in [0.25, 0.3) is 0 Å². The van der Waals surface area contributed by atoms with Crippen molar-refractivity contribution in [3.63, 3.8) is 0 Å². The SMILES string of the molecule is COCC1(C(=O)OC(C)C)CCC1. The topological polar surface area (TPSA) is 35.5 Å². The summed E-state index contributed by atoms with van der Waals surface area (Å²) in [6.45, 7) is 4.24. The van der Waals surface area contributed by atoms with E-state index in [2.05, 4.69) is 0 Å². The molecule has 0 spiro atoms. The predicted molar refractivity (Wildman–Crippen MR) is 49.4 cm³/mol. The van der Waals surface area contributed by atoms with Crippen LogP contribution in [0.1, 0.15) is 33.1 Å². The largest absolute Gasteiger partial charge is 0.462 e. The molecule has 0 saturated heterocycles. The molecule has 0 aromatic carbocycles. The summed E-state index contributed by atoms with van der Waals surface area (Å²) in [6, 6.07) is 0. The van der Waals surface area contributed by atoms with Crippen LogP contribution >= 0.6 is 0 Å². The van der Waals surface area contributed by atoms with Crippen molar-refractivity contribution in [2.24, 2.45) is 5.41 Å². The summed E-state index contributed by atoms with van der Waals surface area (Å²) < 4.78 is 10.2. The van der Waals surface area contributed by atoms with Crippen molar-refractivity contribution < 1.29 is 14.3 Å². The fourth-order valence-electron chi connectivity index (χ4n) is 1.63. The molecule has 0 unspecified atom stereocenters. The second kappa shape index (κ2) is 4.09. The van der Waals surface area contributed by atoms with E-state index < -0.39 is 0 Å². The maximum Gasteiger partial charge on any atom is 0.314 e. The van der Waals surface area contributed by atoms with Crippen molar-refractivity contribution in [1.82, 2.24) is 0 Å². The molecular formula is C10H18O3. The van der Waals surface area contributed by atoms with Crippen LogP contribution in [0.4, 0.5) is 0 Å². The van der Waals surface area contributed by atoms with Gasteiger partial charge in [0.1, 0.15) is 0 Å². The van der Waals surface area contributed by atoms with Crippen molar-refractivity contribution >= 4 is 5.97 Å². The van der Waals surface area contributed by atoms with Gasteiger partial charge in [-0.15, -0.1) is 0 Å². The van der Waals surface area contributed by atoms with Crippen molar-refractivity contribution in [3.05, 3.63) is 0 Å². The van der Waals surface area contributed by atoms with Gasteiger partial charge in [-0.25, -0.2) is 0 Å². The Bertz CT molecular complexity index is 183. The third kappa shape index (κ3) is 2.21. The molecule has 1 fully saturated rings. The van der Waals surface area contributed by atoms with Crippen LogP contribution < -0.4 is 0 Å². The Balaban J connectivity index is 2.50. The first kappa shape index (κ1) is 10.5. The molecule has 3 nitrogen and oxygen atoms in total. The van der Waals surface area contributed by atoms with Crippen molar-refractivity contribution in [1.29, 1.82) is 0 Å². The molecule has 0 heterocycles. The lowest BCUT2D eigenvalue weighted by Gasteiger charge is -2.38. The first-order valence-electron chi connectivity index (χ1n) is 4.81. The number of hydrogen-bond acceptors (Lipinski definition) is 3. The van der Waals surface area contributed by atoms with E-state index in [9.17, 15) is 4.79 Å². The molecule has 0 radical (unpaired) electrons. The van der Waals surface area contributed by atoms with E-state index in [-0.39, 0.29) is 17.5 Å². The third-order valence-electron chi connectivity index (χ3n) is 2.51. The summed E-state index contributed by atoms with van der Waals surface area (Å²) in [4.78, 5) is 11.6. The molecule has 76 valence electrons. The van der Waals surface area contributed by atoms with Crippen LogP contribution in [0.2, 0.25) is 0 Å². The number of rotatable bonds is 4. The van der Waals surface area contributed by atoms with Crippen LogP contribution in [0.5, 0.6) is 0 Å². The Morgan fingerprint density at radius 3 is 2.38 bits per heavy atom. The molecule has 0 aromatic rings. The summed E-state index contributed by atoms with van der Waals surface area (Å²) in [5.74, 6) is -0.0874. The molecule has 1 rings (SSSR count). The van der Waals surface area contributed by atoms with Crippen molar-refractivity contribution in [2.45, 2.75) is 39.2 Å². The van der Waals surface area contributed by atoms with Gasteiger partial charge in [-0.1, -0.05) is 6.42 Å². The Morgan fingerprint density at radius 1 is 1.46 bits per heavy atom. The van der Waals surface area contributed by atoms with E-state index in [0.717, 1.165) is 19.3 Å². The average molecular weight is 186 g/mol. The monoisotopic (exact) mass is 186 g/mol. The molecule has 0 amide bonds. The normalized spacial score (nSPS) is 19.7. The minimum Gasteiger partial charge on any atom is -0.462 e. The van der Waals surface area contributed by atoms with Gasteiger partial charge < -0.3 is 9.47 Å². The highest BCUT2D eigenvalue weighted by Crippen LogP contribution is 2.42. The second-order valence-corrected chi connectivity index (χ2v) is 4.02. The molecule has 3 heteroatoms. The zero-order valence-electron chi connectivity index (χ0n) is 8.63. The Morgan fingerprint density at radius 2 is 2.08 bits per heavy atom. The van der Waals surface area contributed by atoms with Gasteiger partial charge in [0.15, 0.2) is 0 Å². The fourth-order valence-corrected chi connectivity index (χ4v) is 1.63. The molecule has 0 aromatic heterocycles. The van der Waals surface area contributed by atoms with Crippen LogP contribution in [-0.2, 0) is 14.3 Å². The Labute approximate surface area is 79.4 Å². The standard InChI is InChI=1S/C10H18O3/c1-8(2)13-9(11)10(7-12-3)5-4-6-10/h8H,4-7H2,1-3H3. The molecule has 0 bridgehead atoms. The van der Waals surface area contributed by atoms with Crippen LogP contribution in [0, 0.1) is 5.41 Å². The third-order valence-corrected chi connectivity index (χ3v) is 2.51. The van der Waals surface area contributed by atoms with E-state index in [1.54, 1.807) is 7.11 Å². The summed E-state index contributed by atoms with van der Waals surface area (Å²) in [5, 5.41) is 0. The zero-order valence-corrected chi connectivity index (χ0v) is 8.63. The molecule has 0 atom stereocenters. The number of esters is 1. The first-order chi connectivity index (χ1) is 6.10. The van der Waals surface area contributed by atoms with Crippen LogP contribution in [0.3, 0.4) is 0 Å². The molecule has 1 aliphatic rings. The van der Waals surface area contributed by atoms with E-state index >= 15 is 0 Å². The lowest BCUT2D eigenvalue weighted by Crippen LogP contribution is -2.43. The maximum absolute atomic E-state index is 11.6. The highest BCUT2D eigenvalue weighted by Gasteiger charge is 2.45. The number of methoxy groups -OCH3 is 1. The van der Waals surface area contributed by atoms with Gasteiger partial charge in [0, 0.05) is 7.11 Å². The van der Waals surface area contributed by atoms with E-state index in [1.807, 2.05) is 13.8 Å². The zero-order chi connectivity index (χ0) is 9.90. The fraction of sp³-hybridized carbons (Fsp3) is 0.900. The molecule has 0 N–H and O–H groups in total. The van der Waals surface area contributed by atoms with E-state index in [1.165, 1.54) is 0 Å². The van der Waals surface area contributed by atoms with Crippen LogP contribution in [-0.4, -0.2) is 25.8 Å². The van der Waals surface area contributed by atoms with Crippen LogP contribution in [0.15, 0.2) is 0 Å². The first-order valence-corrected chi connectivity index (χ1v) is 4.81. The smallest absolute Gasteiger partial charge is 0.314 e. The summed E-state index contributed by atoms with van der Waals surface area (Å²) in [6.07, 6.45) is 2.90. The predicted octanol–water partition coefficient (Wildman–Crippen LogP) is 1.75. The molecule has 0 aliphatic heterocycles. The lowest BCUT2D eigenvalue weighted by molar-refractivity contribution is -0.170. The molecule has 1 saturated carbocycles. The van der Waals surface area contributed by atoms with Gasteiger partial charge >= 0.3 is 5.97 Å². The number of hydrogen-bond donors (Lipinski definition) is 0. The van der Waals surface area contributed by atoms with Gasteiger partial charge in [-0.2, -0.15) is 0 Å². The van der Waals surface area contributed by atoms with E-state index in [4.69, 9.17) is 9.47 Å². The highest BCUT2D eigenvalue weighted by atomic mass is 16.5. The second-order valence-electron chi connectivity index (χ2n) is 4.02. The minimum absolute atomic E-state index is 0.0261. The Hall–Kier alpha value is -0.570.